The number of benzene rings is 1. The maximum Gasteiger partial charge on any atom is 0.266 e. The maximum absolute atomic E-state index is 12.2. The summed E-state index contributed by atoms with van der Waals surface area (Å²) in [5.41, 5.74) is 8.18. The molecule has 0 aliphatic carbocycles. The predicted octanol–water partition coefficient (Wildman–Crippen LogP) is 1.13. The van der Waals surface area contributed by atoms with E-state index in [1.54, 1.807) is 12.1 Å². The third-order valence-corrected chi connectivity index (χ3v) is 3.18. The molecule has 2 N–H and O–H groups in total. The van der Waals surface area contributed by atoms with E-state index in [0.717, 1.165) is 24.4 Å². The van der Waals surface area contributed by atoms with Gasteiger partial charge in [0.2, 0.25) is 5.95 Å². The summed E-state index contributed by atoms with van der Waals surface area (Å²) in [7, 11) is 0. The van der Waals surface area contributed by atoms with Gasteiger partial charge >= 0.3 is 0 Å². The highest BCUT2D eigenvalue weighted by Gasteiger charge is 2.15. The van der Waals surface area contributed by atoms with Crippen LogP contribution >= 0.6 is 0 Å². The largest absolute Gasteiger partial charge is 0.368 e. The van der Waals surface area contributed by atoms with Crippen LogP contribution in [0.4, 0.5) is 11.6 Å². The zero-order valence-corrected chi connectivity index (χ0v) is 11.0. The van der Waals surface area contributed by atoms with Gasteiger partial charge in [-0.3, -0.25) is 9.80 Å². The van der Waals surface area contributed by atoms with E-state index in [0.29, 0.717) is 5.56 Å². The highest BCUT2D eigenvalue weighted by atomic mass is 16.2. The molecule has 0 fully saturated rings. The van der Waals surface area contributed by atoms with Gasteiger partial charge in [-0.25, -0.2) is 4.57 Å². The van der Waals surface area contributed by atoms with Gasteiger partial charge in [-0.1, -0.05) is 0 Å². The highest BCUT2D eigenvalue weighted by molar-refractivity contribution is 5.97. The van der Waals surface area contributed by atoms with Gasteiger partial charge in [-0.2, -0.15) is 5.10 Å². The summed E-state index contributed by atoms with van der Waals surface area (Å²) >= 11 is 0. The Balaban J connectivity index is 1.83. The van der Waals surface area contributed by atoms with E-state index in [9.17, 15) is 4.79 Å². The number of hydrogen-bond acceptors (Lipinski definition) is 6. The first-order chi connectivity index (χ1) is 9.65. The first-order valence-electron chi connectivity index (χ1n) is 6.27. The zero-order valence-electron chi connectivity index (χ0n) is 11.0. The minimum absolute atomic E-state index is 0.0823. The van der Waals surface area contributed by atoms with Crippen LogP contribution in [-0.2, 0) is 0 Å². The lowest BCUT2D eigenvalue weighted by Crippen LogP contribution is -2.15. The van der Waals surface area contributed by atoms with Gasteiger partial charge in [-0.05, 0) is 31.2 Å². The number of hydrogen-bond donors (Lipinski definition) is 1. The summed E-state index contributed by atoms with van der Waals surface area (Å²) in [5.74, 6) is -0.168. The number of carbonyl (C=O) groups is 1. The van der Waals surface area contributed by atoms with Crippen molar-refractivity contribution in [1.29, 1.82) is 0 Å². The number of rotatable bonds is 2. The summed E-state index contributed by atoms with van der Waals surface area (Å²) in [6.45, 7) is 2.88. The fraction of sp³-hybridized carbons (Fsp3) is 0.231. The molecule has 102 valence electrons. The molecule has 3 rings (SSSR count). The van der Waals surface area contributed by atoms with Gasteiger partial charge in [0, 0.05) is 24.2 Å². The molecular formula is C13H14N6O. The topological polar surface area (TPSA) is 89.4 Å². The molecule has 0 unspecified atom stereocenters. The molecule has 2 heterocycles. The van der Waals surface area contributed by atoms with Crippen molar-refractivity contribution in [1.82, 2.24) is 14.8 Å². The molecule has 20 heavy (non-hydrogen) atoms. The Bertz CT molecular complexity index is 672. The second-order valence-electron chi connectivity index (χ2n) is 4.62. The number of nitrogens with two attached hydrogens (primary N) is 1. The van der Waals surface area contributed by atoms with Gasteiger partial charge in [0.15, 0.2) is 0 Å². The summed E-state index contributed by atoms with van der Waals surface area (Å²) in [5, 5.41) is 13.5. The van der Waals surface area contributed by atoms with Gasteiger partial charge in [0.05, 0.1) is 5.69 Å². The molecule has 1 aromatic heterocycles. The Morgan fingerprint density at radius 3 is 2.60 bits per heavy atom. The average Bonchev–Trinajstić information content (AvgIpc) is 3.07. The number of carbonyl (C=O) groups excluding carboxylic acids is 1. The second-order valence-corrected chi connectivity index (χ2v) is 4.62. The van der Waals surface area contributed by atoms with Crippen molar-refractivity contribution >= 4 is 23.3 Å². The molecule has 1 aromatic carbocycles. The summed E-state index contributed by atoms with van der Waals surface area (Å²) in [6.07, 6.45) is 2.28. The smallest absolute Gasteiger partial charge is 0.266 e. The molecular weight excluding hydrogens is 256 g/mol. The van der Waals surface area contributed by atoms with Gasteiger partial charge in [-0.15, -0.1) is 10.2 Å². The lowest BCUT2D eigenvalue weighted by Gasteiger charge is -2.13. The quantitative estimate of drug-likeness (QED) is 0.883. The molecule has 0 saturated heterocycles. The van der Waals surface area contributed by atoms with Crippen molar-refractivity contribution < 1.29 is 4.79 Å². The Morgan fingerprint density at radius 2 is 2.05 bits per heavy atom. The van der Waals surface area contributed by atoms with E-state index in [4.69, 9.17) is 5.73 Å². The van der Waals surface area contributed by atoms with Crippen LogP contribution in [0.15, 0.2) is 35.7 Å². The minimum Gasteiger partial charge on any atom is -0.368 e. The fourth-order valence-corrected chi connectivity index (χ4v) is 2.08. The van der Waals surface area contributed by atoms with Crippen LogP contribution in [0.5, 0.6) is 0 Å². The molecule has 1 aliphatic rings. The van der Waals surface area contributed by atoms with E-state index in [-0.39, 0.29) is 11.9 Å². The zero-order chi connectivity index (χ0) is 14.1. The predicted molar refractivity (Wildman–Crippen MR) is 75.7 cm³/mol. The van der Waals surface area contributed by atoms with Crippen LogP contribution < -0.4 is 10.7 Å². The number of hydrazone groups is 1. The molecule has 0 spiro atoms. The first-order valence-corrected chi connectivity index (χ1v) is 6.27. The van der Waals surface area contributed by atoms with Crippen LogP contribution in [0.1, 0.15) is 23.7 Å². The van der Waals surface area contributed by atoms with Crippen molar-refractivity contribution in [2.24, 2.45) is 5.10 Å². The van der Waals surface area contributed by atoms with Crippen LogP contribution in [0.3, 0.4) is 0 Å². The third kappa shape index (κ3) is 2.13. The van der Waals surface area contributed by atoms with E-state index < -0.39 is 0 Å². The van der Waals surface area contributed by atoms with Crippen LogP contribution in [0.25, 0.3) is 0 Å². The number of nitrogens with zero attached hydrogens (tertiary/aromatic N) is 5. The lowest BCUT2D eigenvalue weighted by atomic mass is 10.2. The average molecular weight is 270 g/mol. The highest BCUT2D eigenvalue weighted by Crippen LogP contribution is 2.20. The molecule has 0 bridgehead atoms. The van der Waals surface area contributed by atoms with Gasteiger partial charge in [0.25, 0.3) is 5.91 Å². The van der Waals surface area contributed by atoms with E-state index in [2.05, 4.69) is 15.3 Å². The van der Waals surface area contributed by atoms with E-state index >= 15 is 0 Å². The fourth-order valence-electron chi connectivity index (χ4n) is 2.08. The summed E-state index contributed by atoms with van der Waals surface area (Å²) in [6, 6.07) is 7.24. The normalized spacial score (nSPS) is 14.4. The number of nitrogen functional groups attached to an aromatic ring is 1. The molecule has 0 saturated carbocycles. The van der Waals surface area contributed by atoms with Crippen molar-refractivity contribution in [2.75, 3.05) is 17.3 Å². The van der Waals surface area contributed by atoms with Crippen LogP contribution in [0, 0.1) is 0 Å². The second kappa shape index (κ2) is 4.76. The molecule has 0 atom stereocenters. The Morgan fingerprint density at radius 1 is 1.30 bits per heavy atom. The standard InChI is InChI=1S/C13H14N6O/c1-9-6-7-19(17-9)11-4-2-10(3-5-11)12(20)18-8-15-16-13(18)14/h2-5,8H,6-7H2,1H3,(H2,14,16). The van der Waals surface area contributed by atoms with E-state index in [1.807, 2.05) is 24.1 Å². The van der Waals surface area contributed by atoms with Gasteiger partial charge < -0.3 is 5.73 Å². The van der Waals surface area contributed by atoms with E-state index in [1.165, 1.54) is 10.9 Å². The molecule has 0 amide bonds. The van der Waals surface area contributed by atoms with Crippen LogP contribution in [0.2, 0.25) is 0 Å². The number of aromatic nitrogens is 3. The van der Waals surface area contributed by atoms with Crippen molar-refractivity contribution in [3.8, 4) is 0 Å². The van der Waals surface area contributed by atoms with Crippen molar-refractivity contribution in [3.05, 3.63) is 36.2 Å². The molecule has 1 aliphatic heterocycles. The Labute approximate surface area is 115 Å². The SMILES string of the molecule is CC1=NN(c2ccc(C(=O)n3cnnc3N)cc2)CC1. The number of anilines is 2. The minimum atomic E-state index is -0.250. The summed E-state index contributed by atoms with van der Waals surface area (Å²) < 4.78 is 1.22. The molecule has 7 nitrogen and oxygen atoms in total. The maximum atomic E-state index is 12.2. The monoisotopic (exact) mass is 270 g/mol. The third-order valence-electron chi connectivity index (χ3n) is 3.18. The molecule has 7 heteroatoms. The first kappa shape index (κ1) is 12.3. The van der Waals surface area contributed by atoms with Crippen molar-refractivity contribution in [2.45, 2.75) is 13.3 Å². The molecule has 2 aromatic rings. The Kier molecular flexibility index (Phi) is 2.94. The lowest BCUT2D eigenvalue weighted by molar-refractivity contribution is 0.0962. The van der Waals surface area contributed by atoms with Crippen LogP contribution in [-0.4, -0.2) is 32.9 Å². The Hall–Kier alpha value is -2.70. The van der Waals surface area contributed by atoms with Crippen molar-refractivity contribution in [3.63, 3.8) is 0 Å². The van der Waals surface area contributed by atoms with Gasteiger partial charge in [0.1, 0.15) is 6.33 Å². The molecule has 0 radical (unpaired) electrons. The summed E-state index contributed by atoms with van der Waals surface area (Å²) in [4.78, 5) is 12.2.